The van der Waals surface area contributed by atoms with Gasteiger partial charge >= 0.3 is 0 Å². The van der Waals surface area contributed by atoms with Crippen LogP contribution in [0, 0.1) is 0 Å². The fourth-order valence-corrected chi connectivity index (χ4v) is 4.05. The second kappa shape index (κ2) is 8.47. The minimum atomic E-state index is -0.502. The zero-order valence-electron chi connectivity index (χ0n) is 16.3. The van der Waals surface area contributed by atoms with Crippen molar-refractivity contribution in [1.82, 2.24) is 10.2 Å². The van der Waals surface area contributed by atoms with Crippen molar-refractivity contribution in [2.24, 2.45) is 0 Å². The van der Waals surface area contributed by atoms with E-state index in [-0.39, 0.29) is 24.1 Å². The highest BCUT2D eigenvalue weighted by Crippen LogP contribution is 2.32. The van der Waals surface area contributed by atoms with E-state index in [1.165, 1.54) is 6.42 Å². The highest BCUT2D eigenvalue weighted by Gasteiger charge is 2.30. The highest BCUT2D eigenvalue weighted by atomic mass is 16.2. The van der Waals surface area contributed by atoms with Gasteiger partial charge in [-0.3, -0.25) is 14.4 Å². The molecule has 2 aromatic carbocycles. The lowest BCUT2D eigenvalue weighted by Crippen LogP contribution is -2.36. The Kier molecular flexibility index (Phi) is 5.60. The number of carbonyl (C=O) groups is 3. The van der Waals surface area contributed by atoms with Crippen molar-refractivity contribution >= 4 is 23.4 Å². The van der Waals surface area contributed by atoms with Gasteiger partial charge in [0, 0.05) is 37.3 Å². The van der Waals surface area contributed by atoms with Gasteiger partial charge in [0.25, 0.3) is 5.91 Å². The molecule has 0 aliphatic carbocycles. The molecule has 2 aliphatic rings. The molecule has 0 bridgehead atoms. The maximum atomic E-state index is 12.8. The Balaban J connectivity index is 1.42. The lowest BCUT2D eigenvalue weighted by Gasteiger charge is -2.27. The molecule has 2 aliphatic heterocycles. The van der Waals surface area contributed by atoms with Crippen molar-refractivity contribution in [2.45, 2.75) is 38.1 Å². The molecule has 2 heterocycles. The molecule has 1 atom stereocenters. The average molecular weight is 391 g/mol. The number of piperidine rings is 1. The summed E-state index contributed by atoms with van der Waals surface area (Å²) in [4.78, 5) is 39.3. The molecule has 6 nitrogen and oxygen atoms in total. The van der Waals surface area contributed by atoms with E-state index < -0.39 is 5.92 Å². The van der Waals surface area contributed by atoms with Crippen LogP contribution in [0.25, 0.3) is 0 Å². The van der Waals surface area contributed by atoms with E-state index >= 15 is 0 Å². The van der Waals surface area contributed by atoms with Gasteiger partial charge in [0.15, 0.2) is 0 Å². The molecule has 29 heavy (non-hydrogen) atoms. The average Bonchev–Trinajstić information content (AvgIpc) is 2.77. The maximum absolute atomic E-state index is 12.8. The van der Waals surface area contributed by atoms with Crippen LogP contribution in [-0.2, 0) is 16.1 Å². The third-order valence-corrected chi connectivity index (χ3v) is 5.60. The monoisotopic (exact) mass is 391 g/mol. The second-order valence-corrected chi connectivity index (χ2v) is 7.66. The van der Waals surface area contributed by atoms with Gasteiger partial charge in [-0.25, -0.2) is 0 Å². The number of anilines is 1. The zero-order valence-corrected chi connectivity index (χ0v) is 16.3. The minimum Gasteiger partial charge on any atom is -0.351 e. The Morgan fingerprint density at radius 2 is 1.83 bits per heavy atom. The van der Waals surface area contributed by atoms with Crippen LogP contribution in [0.5, 0.6) is 0 Å². The van der Waals surface area contributed by atoms with Gasteiger partial charge in [-0.05, 0) is 48.6 Å². The fourth-order valence-electron chi connectivity index (χ4n) is 4.05. The third-order valence-electron chi connectivity index (χ3n) is 5.60. The van der Waals surface area contributed by atoms with Crippen molar-refractivity contribution in [1.29, 1.82) is 0 Å². The molecule has 2 N–H and O–H groups in total. The molecule has 4 rings (SSSR count). The molecule has 6 heteroatoms. The van der Waals surface area contributed by atoms with Gasteiger partial charge in [0.05, 0.1) is 5.92 Å². The number of hydrogen-bond acceptors (Lipinski definition) is 3. The molecule has 0 spiro atoms. The van der Waals surface area contributed by atoms with E-state index in [2.05, 4.69) is 10.6 Å². The van der Waals surface area contributed by atoms with Crippen LogP contribution in [0.15, 0.2) is 48.5 Å². The molecule has 3 amide bonds. The molecular formula is C23H25N3O3. The van der Waals surface area contributed by atoms with Crippen LogP contribution in [0.4, 0.5) is 5.69 Å². The van der Waals surface area contributed by atoms with Gasteiger partial charge in [0.2, 0.25) is 11.8 Å². The van der Waals surface area contributed by atoms with E-state index in [1.807, 2.05) is 53.4 Å². The second-order valence-electron chi connectivity index (χ2n) is 7.66. The van der Waals surface area contributed by atoms with E-state index in [1.54, 1.807) is 0 Å². The van der Waals surface area contributed by atoms with Crippen LogP contribution in [0.2, 0.25) is 0 Å². The van der Waals surface area contributed by atoms with Crippen molar-refractivity contribution in [3.8, 4) is 0 Å². The van der Waals surface area contributed by atoms with Crippen LogP contribution >= 0.6 is 0 Å². The molecule has 1 fully saturated rings. The van der Waals surface area contributed by atoms with E-state index in [0.717, 1.165) is 37.1 Å². The molecule has 2 aromatic rings. The fraction of sp³-hybridized carbons (Fsp3) is 0.348. The SMILES string of the molecule is O=C1CC(C(=O)NCc2cccc(C(=O)N3CCCCC3)c2)c2ccccc2N1. The van der Waals surface area contributed by atoms with Crippen LogP contribution in [0.1, 0.15) is 53.1 Å². The van der Waals surface area contributed by atoms with Gasteiger partial charge in [-0.15, -0.1) is 0 Å². The number of fused-ring (bicyclic) bond motifs is 1. The van der Waals surface area contributed by atoms with E-state index in [4.69, 9.17) is 0 Å². The number of amides is 3. The quantitative estimate of drug-likeness (QED) is 0.841. The van der Waals surface area contributed by atoms with Gasteiger partial charge < -0.3 is 15.5 Å². The first-order chi connectivity index (χ1) is 14.1. The van der Waals surface area contributed by atoms with Crippen LogP contribution in [0.3, 0.4) is 0 Å². The number of hydrogen-bond donors (Lipinski definition) is 2. The Hall–Kier alpha value is -3.15. The van der Waals surface area contributed by atoms with E-state index in [0.29, 0.717) is 17.8 Å². The predicted octanol–water partition coefficient (Wildman–Crippen LogP) is 3.05. The number of nitrogens with one attached hydrogen (secondary N) is 2. The molecule has 0 aromatic heterocycles. The summed E-state index contributed by atoms with van der Waals surface area (Å²) >= 11 is 0. The smallest absolute Gasteiger partial charge is 0.253 e. The predicted molar refractivity (Wildman–Crippen MR) is 110 cm³/mol. The summed E-state index contributed by atoms with van der Waals surface area (Å²) in [6.45, 7) is 1.94. The summed E-state index contributed by atoms with van der Waals surface area (Å²) in [7, 11) is 0. The van der Waals surface area contributed by atoms with Gasteiger partial charge in [-0.2, -0.15) is 0 Å². The van der Waals surface area contributed by atoms with Crippen LogP contribution in [-0.4, -0.2) is 35.7 Å². The highest BCUT2D eigenvalue weighted by molar-refractivity contribution is 6.01. The standard InChI is InChI=1S/C23H25N3O3/c27-21-14-19(18-9-2-3-10-20(18)25-21)22(28)24-15-16-7-6-8-17(13-16)23(29)26-11-4-1-5-12-26/h2-3,6-10,13,19H,1,4-5,11-12,14-15H2,(H,24,28)(H,25,27). The summed E-state index contributed by atoms with van der Waals surface area (Å²) in [5.74, 6) is -0.785. The van der Waals surface area contributed by atoms with Crippen molar-refractivity contribution in [3.05, 3.63) is 65.2 Å². The summed E-state index contributed by atoms with van der Waals surface area (Å²) in [6.07, 6.45) is 3.42. The number of nitrogens with zero attached hydrogens (tertiary/aromatic N) is 1. The summed E-state index contributed by atoms with van der Waals surface area (Å²) in [6, 6.07) is 14.8. The Labute approximate surface area is 170 Å². The molecule has 1 saturated heterocycles. The van der Waals surface area contributed by atoms with E-state index in [9.17, 15) is 14.4 Å². The van der Waals surface area contributed by atoms with Crippen molar-refractivity contribution in [3.63, 3.8) is 0 Å². The maximum Gasteiger partial charge on any atom is 0.253 e. The number of rotatable bonds is 4. The minimum absolute atomic E-state index is 0.0516. The number of benzene rings is 2. The largest absolute Gasteiger partial charge is 0.351 e. The van der Waals surface area contributed by atoms with Gasteiger partial charge in [0.1, 0.15) is 0 Å². The molecule has 0 radical (unpaired) electrons. The molecule has 0 saturated carbocycles. The van der Waals surface area contributed by atoms with Crippen molar-refractivity contribution < 1.29 is 14.4 Å². The lowest BCUT2D eigenvalue weighted by atomic mass is 9.90. The van der Waals surface area contributed by atoms with Crippen LogP contribution < -0.4 is 10.6 Å². The van der Waals surface area contributed by atoms with Crippen molar-refractivity contribution in [2.75, 3.05) is 18.4 Å². The summed E-state index contributed by atoms with van der Waals surface area (Å²) in [5.41, 5.74) is 3.05. The Morgan fingerprint density at radius 3 is 2.66 bits per heavy atom. The van der Waals surface area contributed by atoms with Gasteiger partial charge in [-0.1, -0.05) is 30.3 Å². The zero-order chi connectivity index (χ0) is 20.2. The third kappa shape index (κ3) is 4.31. The topological polar surface area (TPSA) is 78.5 Å². The number of para-hydroxylation sites is 1. The molecule has 150 valence electrons. The number of carbonyl (C=O) groups excluding carboxylic acids is 3. The molecular weight excluding hydrogens is 366 g/mol. The molecule has 1 unspecified atom stereocenters. The Morgan fingerprint density at radius 1 is 1.03 bits per heavy atom. The normalized spacial score (nSPS) is 18.6. The number of likely N-dealkylation sites (tertiary alicyclic amines) is 1. The summed E-state index contributed by atoms with van der Waals surface area (Å²) in [5, 5.41) is 5.74. The first kappa shape index (κ1) is 19.2. The Bertz CT molecular complexity index is 934. The lowest BCUT2D eigenvalue weighted by molar-refractivity contribution is -0.126. The first-order valence-corrected chi connectivity index (χ1v) is 10.2. The summed E-state index contributed by atoms with van der Waals surface area (Å²) < 4.78 is 0. The first-order valence-electron chi connectivity index (χ1n) is 10.2.